The summed E-state index contributed by atoms with van der Waals surface area (Å²) in [5, 5.41) is 1.02. The topological polar surface area (TPSA) is 30.7 Å². The van der Waals surface area contributed by atoms with E-state index < -0.39 is 0 Å². The number of rotatable bonds is 4. The van der Waals surface area contributed by atoms with Crippen LogP contribution in [0.15, 0.2) is 103 Å². The highest BCUT2D eigenvalue weighted by Crippen LogP contribution is 2.33. The van der Waals surface area contributed by atoms with Gasteiger partial charge in [-0.1, -0.05) is 66.7 Å². The van der Waals surface area contributed by atoms with Crippen LogP contribution in [0.5, 0.6) is 0 Å². The lowest BCUT2D eigenvalue weighted by atomic mass is 10.2. The maximum Gasteiger partial charge on any atom is 0.138 e. The lowest BCUT2D eigenvalue weighted by molar-refractivity contribution is 1.07. The van der Waals surface area contributed by atoms with Gasteiger partial charge in [0.25, 0.3) is 0 Å². The first kappa shape index (κ1) is 18.7. The zero-order chi connectivity index (χ0) is 21.3. The molecule has 4 aromatic carbocycles. The van der Waals surface area contributed by atoms with Crippen LogP contribution in [0.4, 0.5) is 0 Å². The van der Waals surface area contributed by atoms with Gasteiger partial charge < -0.3 is 0 Å². The number of hydrogen-bond acceptors (Lipinski definition) is 3. The highest BCUT2D eigenvalue weighted by Gasteiger charge is 2.13. The molecule has 0 unspecified atom stereocenters. The molecular formula is C28H19N3S. The molecule has 2 heterocycles. The third kappa shape index (κ3) is 3.41. The lowest BCUT2D eigenvalue weighted by Gasteiger charge is -2.07. The summed E-state index contributed by atoms with van der Waals surface area (Å²) in [6, 6.07) is 35.4. The number of para-hydroxylation sites is 2. The first-order valence-electron chi connectivity index (χ1n) is 10.5. The molecule has 0 fully saturated rings. The molecule has 32 heavy (non-hydrogen) atoms. The molecule has 0 saturated heterocycles. The lowest BCUT2D eigenvalue weighted by Crippen LogP contribution is -1.96. The van der Waals surface area contributed by atoms with Crippen LogP contribution in [0.25, 0.3) is 49.7 Å². The predicted octanol–water partition coefficient (Wildman–Crippen LogP) is 7.47. The van der Waals surface area contributed by atoms with E-state index in [-0.39, 0.29) is 0 Å². The Morgan fingerprint density at radius 3 is 2.22 bits per heavy atom. The van der Waals surface area contributed by atoms with Crippen molar-refractivity contribution >= 4 is 44.7 Å². The quantitative estimate of drug-likeness (QED) is 0.291. The van der Waals surface area contributed by atoms with Crippen molar-refractivity contribution < 1.29 is 0 Å². The molecule has 0 radical (unpaired) electrons. The maximum absolute atomic E-state index is 5.00. The minimum Gasteiger partial charge on any atom is -0.293 e. The van der Waals surface area contributed by atoms with E-state index in [2.05, 4.69) is 89.5 Å². The largest absolute Gasteiger partial charge is 0.293 e. The van der Waals surface area contributed by atoms with Gasteiger partial charge in [0.05, 0.1) is 21.3 Å². The number of nitrogens with zero attached hydrogens (tertiary/aromatic N) is 3. The van der Waals surface area contributed by atoms with Crippen molar-refractivity contribution in [2.75, 3.05) is 0 Å². The van der Waals surface area contributed by atoms with Crippen molar-refractivity contribution in [2.24, 2.45) is 0 Å². The minimum atomic E-state index is 0.900. The highest BCUT2D eigenvalue weighted by molar-refractivity contribution is 7.21. The first-order chi connectivity index (χ1) is 15.8. The number of benzene rings is 4. The molecular weight excluding hydrogens is 410 g/mol. The fourth-order valence-corrected chi connectivity index (χ4v) is 4.88. The van der Waals surface area contributed by atoms with Crippen molar-refractivity contribution in [1.82, 2.24) is 14.5 Å². The summed E-state index contributed by atoms with van der Waals surface area (Å²) in [6.07, 6.45) is 4.19. The van der Waals surface area contributed by atoms with Crippen LogP contribution >= 0.6 is 11.3 Å². The van der Waals surface area contributed by atoms with E-state index in [0.717, 1.165) is 44.2 Å². The van der Waals surface area contributed by atoms with Crippen molar-refractivity contribution in [3.05, 3.63) is 115 Å². The number of fused-ring (bicyclic) bond motifs is 2. The molecule has 0 aliphatic rings. The number of aromatic nitrogens is 3. The predicted molar refractivity (Wildman–Crippen MR) is 135 cm³/mol. The van der Waals surface area contributed by atoms with Crippen LogP contribution in [-0.2, 0) is 0 Å². The molecule has 4 heteroatoms. The van der Waals surface area contributed by atoms with Gasteiger partial charge in [0, 0.05) is 11.3 Å². The zero-order valence-electron chi connectivity index (χ0n) is 17.2. The molecule has 0 N–H and O–H groups in total. The Hall–Kier alpha value is -4.02. The van der Waals surface area contributed by atoms with E-state index in [0.29, 0.717) is 0 Å². The Kier molecular flexibility index (Phi) is 4.63. The number of hydrogen-bond donors (Lipinski definition) is 0. The van der Waals surface area contributed by atoms with Gasteiger partial charge in [-0.05, 0) is 54.1 Å². The van der Waals surface area contributed by atoms with E-state index >= 15 is 0 Å². The summed E-state index contributed by atoms with van der Waals surface area (Å²) in [7, 11) is 0. The average molecular weight is 430 g/mol. The van der Waals surface area contributed by atoms with Gasteiger partial charge in [-0.3, -0.25) is 4.57 Å². The van der Waals surface area contributed by atoms with Gasteiger partial charge in [-0.25, -0.2) is 9.97 Å². The van der Waals surface area contributed by atoms with Gasteiger partial charge in [0.15, 0.2) is 0 Å². The molecule has 0 atom stereocenters. The van der Waals surface area contributed by atoms with Crippen LogP contribution < -0.4 is 0 Å². The Morgan fingerprint density at radius 1 is 0.656 bits per heavy atom. The van der Waals surface area contributed by atoms with E-state index in [1.807, 2.05) is 30.3 Å². The first-order valence-corrected chi connectivity index (χ1v) is 11.3. The molecule has 0 saturated carbocycles. The second-order valence-corrected chi connectivity index (χ2v) is 8.61. The average Bonchev–Trinajstić information content (AvgIpc) is 3.45. The molecule has 6 rings (SSSR count). The Labute approximate surface area is 190 Å². The molecule has 0 aliphatic carbocycles. The van der Waals surface area contributed by atoms with Crippen LogP contribution in [0.1, 0.15) is 11.4 Å². The smallest absolute Gasteiger partial charge is 0.138 e. The highest BCUT2D eigenvalue weighted by atomic mass is 32.1. The normalized spacial score (nSPS) is 11.6. The van der Waals surface area contributed by atoms with Crippen LogP contribution in [0.2, 0.25) is 0 Å². The Bertz CT molecular complexity index is 1530. The van der Waals surface area contributed by atoms with Crippen LogP contribution in [-0.4, -0.2) is 14.5 Å². The monoisotopic (exact) mass is 429 g/mol. The summed E-state index contributed by atoms with van der Waals surface area (Å²) in [4.78, 5) is 9.82. The van der Waals surface area contributed by atoms with Crippen molar-refractivity contribution in [3.63, 3.8) is 0 Å². The molecule has 0 bridgehead atoms. The molecule has 152 valence electrons. The number of thiazole rings is 1. The summed E-state index contributed by atoms with van der Waals surface area (Å²) in [5.74, 6) is 0.900. The van der Waals surface area contributed by atoms with Crippen LogP contribution in [0.3, 0.4) is 0 Å². The molecule has 2 aromatic heterocycles. The maximum atomic E-state index is 5.00. The van der Waals surface area contributed by atoms with Gasteiger partial charge >= 0.3 is 0 Å². The second-order valence-electron chi connectivity index (χ2n) is 7.58. The number of imidazole rings is 1. The van der Waals surface area contributed by atoms with E-state index in [1.165, 1.54) is 4.70 Å². The molecule has 6 aromatic rings. The third-order valence-electron chi connectivity index (χ3n) is 5.46. The summed E-state index contributed by atoms with van der Waals surface area (Å²) >= 11 is 1.71. The van der Waals surface area contributed by atoms with E-state index in [4.69, 9.17) is 9.97 Å². The summed E-state index contributed by atoms with van der Waals surface area (Å²) in [6.45, 7) is 0. The summed E-state index contributed by atoms with van der Waals surface area (Å²) in [5.41, 5.74) is 6.40. The minimum absolute atomic E-state index is 0.900. The fourth-order valence-electron chi connectivity index (χ4n) is 3.92. The Balaban J connectivity index is 1.50. The molecule has 0 amide bonds. The second kappa shape index (κ2) is 7.91. The van der Waals surface area contributed by atoms with Crippen molar-refractivity contribution in [1.29, 1.82) is 0 Å². The van der Waals surface area contributed by atoms with E-state index in [9.17, 15) is 0 Å². The van der Waals surface area contributed by atoms with Gasteiger partial charge in [0.1, 0.15) is 10.8 Å². The standard InChI is InChI=1S/C28H19N3S/c1-3-9-20(10-4-1)15-18-27-29-24-19-21(28-30-23-13-7-8-14-26(23)32-28)16-17-25(24)31(27)22-11-5-2-6-12-22/h1-19H/b18-15+. The van der Waals surface area contributed by atoms with Crippen molar-refractivity contribution in [3.8, 4) is 16.3 Å². The zero-order valence-corrected chi connectivity index (χ0v) is 18.0. The van der Waals surface area contributed by atoms with Gasteiger partial charge in [0.2, 0.25) is 0 Å². The molecule has 0 spiro atoms. The van der Waals surface area contributed by atoms with Crippen molar-refractivity contribution in [2.45, 2.75) is 0 Å². The van der Waals surface area contributed by atoms with Gasteiger partial charge in [-0.15, -0.1) is 11.3 Å². The third-order valence-corrected chi connectivity index (χ3v) is 6.55. The SMILES string of the molecule is C(=C\c1nc2cc(-c3nc4ccccc4s3)ccc2n1-c1ccccc1)/c1ccccc1. The molecule has 3 nitrogen and oxygen atoms in total. The van der Waals surface area contributed by atoms with Crippen LogP contribution in [0, 0.1) is 0 Å². The van der Waals surface area contributed by atoms with Gasteiger partial charge in [-0.2, -0.15) is 0 Å². The Morgan fingerprint density at radius 2 is 1.41 bits per heavy atom. The van der Waals surface area contributed by atoms with E-state index in [1.54, 1.807) is 11.3 Å². The molecule has 0 aliphatic heterocycles. The fraction of sp³-hybridized carbons (Fsp3) is 0. The summed E-state index contributed by atoms with van der Waals surface area (Å²) < 4.78 is 3.40.